The predicted octanol–water partition coefficient (Wildman–Crippen LogP) is 0.327. The molecular weight excluding hydrogens is 242 g/mol. The molecule has 17 heavy (non-hydrogen) atoms. The molecule has 1 heterocycles. The van der Waals surface area contributed by atoms with Gasteiger partial charge in [-0.3, -0.25) is 0 Å². The molecule has 0 bridgehead atoms. The zero-order valence-electron chi connectivity index (χ0n) is 9.96. The number of hydrogen-bond donors (Lipinski definition) is 2. The minimum atomic E-state index is -3.08. The number of rotatable bonds is 3. The van der Waals surface area contributed by atoms with Gasteiger partial charge in [0.25, 0.3) is 0 Å². The van der Waals surface area contributed by atoms with Crippen LogP contribution in [-0.4, -0.2) is 42.1 Å². The van der Waals surface area contributed by atoms with Gasteiger partial charge in [0.05, 0.1) is 5.25 Å². The number of nitrogens with zero attached hydrogens (tertiary/aromatic N) is 2. The Hall–Kier alpha value is -0.820. The Morgan fingerprint density at radius 1 is 1.41 bits per heavy atom. The quantitative estimate of drug-likeness (QED) is 0.331. The van der Waals surface area contributed by atoms with Gasteiger partial charge in [-0.1, -0.05) is 12.1 Å². The third-order valence-corrected chi connectivity index (χ3v) is 6.26. The molecule has 0 aromatic heterocycles. The minimum absolute atomic E-state index is 0.157. The van der Waals surface area contributed by atoms with Gasteiger partial charge in [0.15, 0.2) is 0 Å². The van der Waals surface area contributed by atoms with Gasteiger partial charge in [-0.2, -0.15) is 0 Å². The molecule has 0 aromatic rings. The molecule has 1 aliphatic heterocycles. The Kier molecular flexibility index (Phi) is 3.07. The molecule has 3 N–H and O–H groups in total. The van der Waals surface area contributed by atoms with Crippen molar-refractivity contribution in [2.24, 2.45) is 16.3 Å². The predicted molar refractivity (Wildman–Crippen MR) is 64.3 cm³/mol. The fraction of sp³-hybridized carbons (Fsp3) is 0.900. The monoisotopic (exact) mass is 261 g/mol. The number of sulfonamides is 1. The van der Waals surface area contributed by atoms with Crippen LogP contribution in [0.15, 0.2) is 5.16 Å². The summed E-state index contributed by atoms with van der Waals surface area (Å²) in [4.78, 5) is 0. The number of oxime groups is 1. The average Bonchev–Trinajstić information content (AvgIpc) is 3.12. The van der Waals surface area contributed by atoms with E-state index in [-0.39, 0.29) is 16.5 Å². The average molecular weight is 261 g/mol. The molecule has 1 aliphatic carbocycles. The van der Waals surface area contributed by atoms with E-state index in [4.69, 9.17) is 10.9 Å². The van der Waals surface area contributed by atoms with E-state index in [0.29, 0.717) is 25.9 Å². The van der Waals surface area contributed by atoms with Gasteiger partial charge in [-0.25, -0.2) is 12.7 Å². The summed E-state index contributed by atoms with van der Waals surface area (Å²) >= 11 is 0. The smallest absolute Gasteiger partial charge is 0.216 e. The van der Waals surface area contributed by atoms with Crippen LogP contribution in [0.25, 0.3) is 0 Å². The zero-order chi connectivity index (χ0) is 12.7. The molecule has 2 rings (SSSR count). The Bertz CT molecular complexity index is 420. The SMILES string of the molecule is CC1(C(N)=NO)CCN(S(=O)(=O)C2CC2)CC1. The van der Waals surface area contributed by atoms with E-state index >= 15 is 0 Å². The minimum Gasteiger partial charge on any atom is -0.409 e. The maximum atomic E-state index is 12.0. The first-order chi connectivity index (χ1) is 7.90. The Balaban J connectivity index is 2.03. The number of hydrogen-bond acceptors (Lipinski definition) is 4. The summed E-state index contributed by atoms with van der Waals surface area (Å²) in [5, 5.41) is 11.6. The molecule has 0 unspecified atom stereocenters. The second-order valence-electron chi connectivity index (χ2n) is 5.19. The van der Waals surface area contributed by atoms with Crippen molar-refractivity contribution in [3.63, 3.8) is 0 Å². The van der Waals surface area contributed by atoms with E-state index in [9.17, 15) is 8.42 Å². The third kappa shape index (κ3) is 2.26. The second kappa shape index (κ2) is 4.13. The van der Waals surface area contributed by atoms with Crippen LogP contribution in [0.2, 0.25) is 0 Å². The maximum absolute atomic E-state index is 12.0. The van der Waals surface area contributed by atoms with Crippen LogP contribution in [0.5, 0.6) is 0 Å². The lowest BCUT2D eigenvalue weighted by atomic mass is 9.80. The lowest BCUT2D eigenvalue weighted by molar-refractivity contribution is 0.229. The van der Waals surface area contributed by atoms with Gasteiger partial charge in [-0.15, -0.1) is 0 Å². The van der Waals surface area contributed by atoms with Crippen LogP contribution in [0.3, 0.4) is 0 Å². The van der Waals surface area contributed by atoms with Crippen molar-refractivity contribution < 1.29 is 13.6 Å². The standard InChI is InChI=1S/C10H19N3O3S/c1-10(9(11)12-14)4-6-13(7-5-10)17(15,16)8-2-3-8/h8,14H,2-7H2,1H3,(H2,11,12). The Morgan fingerprint density at radius 3 is 2.35 bits per heavy atom. The van der Waals surface area contributed by atoms with E-state index in [0.717, 1.165) is 12.8 Å². The molecule has 0 amide bonds. The topological polar surface area (TPSA) is 96.0 Å². The van der Waals surface area contributed by atoms with E-state index in [1.54, 1.807) is 4.31 Å². The Morgan fingerprint density at radius 2 is 1.94 bits per heavy atom. The van der Waals surface area contributed by atoms with E-state index in [1.165, 1.54) is 0 Å². The highest BCUT2D eigenvalue weighted by molar-refractivity contribution is 7.90. The van der Waals surface area contributed by atoms with Gasteiger partial charge >= 0.3 is 0 Å². The molecule has 0 atom stereocenters. The normalized spacial score (nSPS) is 27.0. The first-order valence-electron chi connectivity index (χ1n) is 5.87. The van der Waals surface area contributed by atoms with Crippen LogP contribution >= 0.6 is 0 Å². The number of piperidine rings is 1. The Labute approximate surface area is 102 Å². The number of nitrogens with two attached hydrogens (primary N) is 1. The van der Waals surface area contributed by atoms with Crippen molar-refractivity contribution in [2.45, 2.75) is 37.9 Å². The molecule has 1 saturated carbocycles. The lowest BCUT2D eigenvalue weighted by Gasteiger charge is -2.37. The summed E-state index contributed by atoms with van der Waals surface area (Å²) in [6.45, 7) is 2.83. The van der Waals surface area contributed by atoms with Crippen molar-refractivity contribution in [2.75, 3.05) is 13.1 Å². The second-order valence-corrected chi connectivity index (χ2v) is 7.40. The fourth-order valence-electron chi connectivity index (χ4n) is 2.19. The highest BCUT2D eigenvalue weighted by Crippen LogP contribution is 2.36. The molecule has 1 saturated heterocycles. The molecule has 0 aromatic carbocycles. The van der Waals surface area contributed by atoms with Crippen molar-refractivity contribution in [1.29, 1.82) is 0 Å². The third-order valence-electron chi connectivity index (χ3n) is 3.86. The largest absolute Gasteiger partial charge is 0.409 e. The van der Waals surface area contributed by atoms with Gasteiger partial charge in [0.2, 0.25) is 10.0 Å². The lowest BCUT2D eigenvalue weighted by Crippen LogP contribution is -2.48. The van der Waals surface area contributed by atoms with Gasteiger partial charge < -0.3 is 10.9 Å². The van der Waals surface area contributed by atoms with Gasteiger partial charge in [0.1, 0.15) is 5.84 Å². The summed E-state index contributed by atoms with van der Waals surface area (Å²) in [5.41, 5.74) is 5.26. The van der Waals surface area contributed by atoms with Crippen LogP contribution in [0.1, 0.15) is 32.6 Å². The van der Waals surface area contributed by atoms with Crippen molar-refractivity contribution in [3.05, 3.63) is 0 Å². The maximum Gasteiger partial charge on any atom is 0.216 e. The van der Waals surface area contributed by atoms with Gasteiger partial charge in [0, 0.05) is 18.5 Å². The highest BCUT2D eigenvalue weighted by Gasteiger charge is 2.44. The molecule has 0 spiro atoms. The van der Waals surface area contributed by atoms with Crippen LogP contribution in [0.4, 0.5) is 0 Å². The summed E-state index contributed by atoms with van der Waals surface area (Å²) in [5.74, 6) is 0.195. The molecule has 7 heteroatoms. The number of amidine groups is 1. The summed E-state index contributed by atoms with van der Waals surface area (Å²) in [6.07, 6.45) is 2.79. The molecule has 2 aliphatic rings. The molecule has 2 fully saturated rings. The summed E-state index contributed by atoms with van der Waals surface area (Å²) < 4.78 is 25.6. The van der Waals surface area contributed by atoms with Crippen LogP contribution in [-0.2, 0) is 10.0 Å². The first kappa shape index (κ1) is 12.6. The summed E-state index contributed by atoms with van der Waals surface area (Å²) in [6, 6.07) is 0. The van der Waals surface area contributed by atoms with Gasteiger partial charge in [-0.05, 0) is 25.7 Å². The van der Waals surface area contributed by atoms with Crippen molar-refractivity contribution in [1.82, 2.24) is 4.31 Å². The zero-order valence-corrected chi connectivity index (χ0v) is 10.8. The van der Waals surface area contributed by atoms with E-state index < -0.39 is 10.0 Å². The van der Waals surface area contributed by atoms with E-state index in [2.05, 4.69) is 5.16 Å². The molecule has 98 valence electrons. The summed E-state index contributed by atoms with van der Waals surface area (Å²) in [7, 11) is -3.08. The first-order valence-corrected chi connectivity index (χ1v) is 7.37. The van der Waals surface area contributed by atoms with Crippen molar-refractivity contribution >= 4 is 15.9 Å². The fourth-order valence-corrected chi connectivity index (χ4v) is 4.03. The molecular formula is C10H19N3O3S. The molecule has 6 nitrogen and oxygen atoms in total. The van der Waals surface area contributed by atoms with Crippen molar-refractivity contribution in [3.8, 4) is 0 Å². The van der Waals surface area contributed by atoms with E-state index in [1.807, 2.05) is 6.92 Å². The molecule has 0 radical (unpaired) electrons. The van der Waals surface area contributed by atoms with Crippen LogP contribution in [0, 0.1) is 5.41 Å². The highest BCUT2D eigenvalue weighted by atomic mass is 32.2. The van der Waals surface area contributed by atoms with Crippen LogP contribution < -0.4 is 5.73 Å².